The van der Waals surface area contributed by atoms with Crippen molar-refractivity contribution in [3.63, 3.8) is 0 Å². The number of methoxy groups -OCH3 is 1. The molecule has 5 nitrogen and oxygen atoms in total. The van der Waals surface area contributed by atoms with Crippen LogP contribution in [0.5, 0.6) is 5.75 Å². The standard InChI is InChI=1S/C33H49BrN2O3Si/c1-23-20-27(14-17-30(23)38-5)25-10-8-24(9-11-25)22-36(31-21-28(34)18-19-35-31)32(37)26-12-15-29(16-13-26)39-40(6,7)33(2,3)4/h14,17-21,24-26,29H,8-13,15-16,22H2,1-7H3/t24-,25-,26-,29-. The quantitative estimate of drug-likeness (QED) is 0.274. The lowest BCUT2D eigenvalue weighted by atomic mass is 9.78. The lowest BCUT2D eigenvalue weighted by molar-refractivity contribution is -0.124. The average Bonchev–Trinajstić information content (AvgIpc) is 2.91. The molecule has 1 amide bonds. The van der Waals surface area contributed by atoms with Crippen molar-refractivity contribution in [2.75, 3.05) is 18.6 Å². The van der Waals surface area contributed by atoms with Crippen LogP contribution in [0.3, 0.4) is 0 Å². The fourth-order valence-corrected chi connectivity index (χ4v) is 7.92. The third-order valence-corrected chi connectivity index (χ3v) is 14.7. The predicted molar refractivity (Wildman–Crippen MR) is 171 cm³/mol. The molecule has 0 saturated heterocycles. The topological polar surface area (TPSA) is 51.7 Å². The zero-order valence-corrected chi connectivity index (χ0v) is 28.2. The highest BCUT2D eigenvalue weighted by Crippen LogP contribution is 2.41. The van der Waals surface area contributed by atoms with E-state index in [0.29, 0.717) is 11.8 Å². The highest BCUT2D eigenvalue weighted by atomic mass is 79.9. The van der Waals surface area contributed by atoms with Crippen LogP contribution in [0, 0.1) is 18.8 Å². The van der Waals surface area contributed by atoms with Crippen LogP contribution in [0.4, 0.5) is 5.82 Å². The number of halogens is 1. The van der Waals surface area contributed by atoms with Crippen molar-refractivity contribution in [2.45, 2.75) is 109 Å². The summed E-state index contributed by atoms with van der Waals surface area (Å²) >= 11 is 3.60. The molecule has 2 aliphatic carbocycles. The van der Waals surface area contributed by atoms with Gasteiger partial charge in [0.2, 0.25) is 5.91 Å². The molecule has 0 atom stereocenters. The Morgan fingerprint density at radius 2 is 1.70 bits per heavy atom. The fourth-order valence-electron chi connectivity index (χ4n) is 6.17. The first kappa shape index (κ1) is 31.2. The zero-order chi connectivity index (χ0) is 29.1. The molecule has 0 aliphatic heterocycles. The molecule has 7 heteroatoms. The van der Waals surface area contributed by atoms with Crippen LogP contribution in [-0.4, -0.2) is 39.0 Å². The molecule has 1 aromatic carbocycles. The number of carbonyl (C=O) groups is 1. The van der Waals surface area contributed by atoms with E-state index in [1.54, 1.807) is 13.3 Å². The van der Waals surface area contributed by atoms with Crippen molar-refractivity contribution >= 4 is 36.0 Å². The van der Waals surface area contributed by atoms with Gasteiger partial charge in [-0.3, -0.25) is 9.69 Å². The van der Waals surface area contributed by atoms with E-state index in [-0.39, 0.29) is 23.0 Å². The minimum Gasteiger partial charge on any atom is -0.496 e. The number of hydrogen-bond donors (Lipinski definition) is 0. The van der Waals surface area contributed by atoms with E-state index in [4.69, 9.17) is 9.16 Å². The van der Waals surface area contributed by atoms with Gasteiger partial charge in [0.15, 0.2) is 8.32 Å². The normalized spacial score (nSPS) is 24.0. The third-order valence-electron chi connectivity index (χ3n) is 9.72. The number of nitrogens with zero attached hydrogens (tertiary/aromatic N) is 2. The Balaban J connectivity index is 1.40. The summed E-state index contributed by atoms with van der Waals surface area (Å²) in [6.07, 6.45) is 10.4. The molecule has 2 fully saturated rings. The Kier molecular flexibility index (Phi) is 10.2. The molecule has 1 aromatic heterocycles. The van der Waals surface area contributed by atoms with E-state index >= 15 is 0 Å². The van der Waals surface area contributed by atoms with E-state index in [1.807, 2.05) is 17.0 Å². The first-order chi connectivity index (χ1) is 18.9. The molecule has 0 spiro atoms. The summed E-state index contributed by atoms with van der Waals surface area (Å²) < 4.78 is 13.1. The van der Waals surface area contributed by atoms with E-state index in [1.165, 1.54) is 11.1 Å². The summed E-state index contributed by atoms with van der Waals surface area (Å²) in [5, 5.41) is 0.202. The van der Waals surface area contributed by atoms with Crippen LogP contribution in [0.1, 0.15) is 89.2 Å². The largest absolute Gasteiger partial charge is 0.496 e. The summed E-state index contributed by atoms with van der Waals surface area (Å²) in [6, 6.07) is 10.5. The van der Waals surface area contributed by atoms with Crippen molar-refractivity contribution in [2.24, 2.45) is 11.8 Å². The summed E-state index contributed by atoms with van der Waals surface area (Å²) in [4.78, 5) is 20.7. The number of rotatable bonds is 8. The van der Waals surface area contributed by atoms with E-state index < -0.39 is 8.32 Å². The van der Waals surface area contributed by atoms with E-state index in [9.17, 15) is 4.79 Å². The van der Waals surface area contributed by atoms with Crippen LogP contribution >= 0.6 is 15.9 Å². The molecule has 2 aliphatic rings. The average molecular weight is 630 g/mol. The number of amides is 1. The van der Waals surface area contributed by atoms with Crippen molar-refractivity contribution in [3.05, 3.63) is 52.1 Å². The second-order valence-corrected chi connectivity index (χ2v) is 19.3. The molecule has 0 unspecified atom stereocenters. The number of aryl methyl sites for hydroxylation is 1. The van der Waals surface area contributed by atoms with Crippen LogP contribution < -0.4 is 9.64 Å². The van der Waals surface area contributed by atoms with Crippen LogP contribution in [-0.2, 0) is 9.22 Å². The SMILES string of the molecule is COc1ccc([C@H]2CC[C@H](CN(c3cc(Br)ccn3)C(=O)[C@H]3CC[C@H](O[Si](C)(C)C(C)(C)C)CC3)CC2)cc1C. The second-order valence-electron chi connectivity index (χ2n) is 13.6. The van der Waals surface area contributed by atoms with E-state index in [0.717, 1.165) is 74.0 Å². The maximum absolute atomic E-state index is 14.0. The number of pyridine rings is 1. The summed E-state index contributed by atoms with van der Waals surface area (Å²) in [5.41, 5.74) is 2.61. The molecular weight excluding hydrogens is 580 g/mol. The number of hydrogen-bond acceptors (Lipinski definition) is 4. The lowest BCUT2D eigenvalue weighted by Crippen LogP contribution is -2.46. The molecule has 2 aromatic rings. The number of carbonyl (C=O) groups excluding carboxylic acids is 1. The van der Waals surface area contributed by atoms with Crippen LogP contribution in [0.25, 0.3) is 0 Å². The maximum Gasteiger partial charge on any atom is 0.231 e. The molecule has 0 bridgehead atoms. The summed E-state index contributed by atoms with van der Waals surface area (Å²) in [6.45, 7) is 14.4. The minimum absolute atomic E-state index is 0.0404. The first-order valence-electron chi connectivity index (χ1n) is 15.1. The molecule has 1 heterocycles. The van der Waals surface area contributed by atoms with Crippen LogP contribution in [0.15, 0.2) is 41.0 Å². The number of aromatic nitrogens is 1. The summed E-state index contributed by atoms with van der Waals surface area (Å²) in [5.74, 6) is 3.06. The minimum atomic E-state index is -1.81. The Hall–Kier alpha value is -1.70. The first-order valence-corrected chi connectivity index (χ1v) is 18.8. The van der Waals surface area contributed by atoms with Gasteiger partial charge in [-0.25, -0.2) is 4.98 Å². The molecule has 40 heavy (non-hydrogen) atoms. The van der Waals surface area contributed by atoms with Gasteiger partial charge < -0.3 is 9.16 Å². The van der Waals surface area contributed by atoms with E-state index in [2.05, 4.69) is 79.9 Å². The van der Waals surface area contributed by atoms with Gasteiger partial charge in [-0.1, -0.05) is 48.8 Å². The van der Waals surface area contributed by atoms with Gasteiger partial charge in [0, 0.05) is 29.2 Å². The van der Waals surface area contributed by atoms with Gasteiger partial charge in [0.1, 0.15) is 11.6 Å². The zero-order valence-electron chi connectivity index (χ0n) is 25.6. The van der Waals surface area contributed by atoms with Crippen molar-refractivity contribution in [1.82, 2.24) is 4.98 Å². The Morgan fingerprint density at radius 3 is 2.27 bits per heavy atom. The van der Waals surface area contributed by atoms with Gasteiger partial charge in [-0.05, 0) is 118 Å². The molecular formula is C33H49BrN2O3Si. The molecule has 0 radical (unpaired) electrons. The Morgan fingerprint density at radius 1 is 1.02 bits per heavy atom. The Bertz CT molecular complexity index is 1150. The van der Waals surface area contributed by atoms with Gasteiger partial charge in [-0.15, -0.1) is 0 Å². The maximum atomic E-state index is 14.0. The monoisotopic (exact) mass is 628 g/mol. The highest BCUT2D eigenvalue weighted by molar-refractivity contribution is 9.10. The van der Waals surface area contributed by atoms with Crippen molar-refractivity contribution in [1.29, 1.82) is 0 Å². The lowest BCUT2D eigenvalue weighted by Gasteiger charge is -2.41. The van der Waals surface area contributed by atoms with Gasteiger partial charge in [-0.2, -0.15) is 0 Å². The van der Waals surface area contributed by atoms with Crippen LogP contribution in [0.2, 0.25) is 18.1 Å². The number of ether oxygens (including phenoxy) is 1. The third kappa shape index (κ3) is 7.57. The number of benzene rings is 1. The highest BCUT2D eigenvalue weighted by Gasteiger charge is 2.41. The van der Waals surface area contributed by atoms with Gasteiger partial charge in [0.05, 0.1) is 7.11 Å². The van der Waals surface area contributed by atoms with Crippen molar-refractivity contribution in [3.8, 4) is 5.75 Å². The molecule has 4 rings (SSSR count). The second kappa shape index (κ2) is 13.1. The smallest absolute Gasteiger partial charge is 0.231 e. The predicted octanol–water partition coefficient (Wildman–Crippen LogP) is 9.05. The van der Waals surface area contributed by atoms with Crippen molar-refractivity contribution < 1.29 is 14.0 Å². The fraction of sp³-hybridized carbons (Fsp3) is 0.636. The Labute approximate surface area is 251 Å². The molecule has 2 saturated carbocycles. The molecule has 220 valence electrons. The van der Waals surface area contributed by atoms with Gasteiger partial charge >= 0.3 is 0 Å². The van der Waals surface area contributed by atoms with Gasteiger partial charge in [0.25, 0.3) is 0 Å². The number of anilines is 1. The molecule has 0 N–H and O–H groups in total. The summed E-state index contributed by atoms with van der Waals surface area (Å²) in [7, 11) is -0.0756.